The lowest BCUT2D eigenvalue weighted by molar-refractivity contribution is -0.143. The number of carbonyl (C=O) groups excluding carboxylic acids is 6. The minimum Gasteiger partial charge on any atom is -0.478 e. The van der Waals surface area contributed by atoms with Gasteiger partial charge < -0.3 is 49.9 Å². The summed E-state index contributed by atoms with van der Waals surface area (Å²) in [6.45, 7) is 17.3. The molecule has 122 heavy (non-hydrogen) atoms. The van der Waals surface area contributed by atoms with Gasteiger partial charge in [-0.15, -0.1) is 0 Å². The van der Waals surface area contributed by atoms with Gasteiger partial charge in [-0.25, -0.2) is 19.9 Å². The van der Waals surface area contributed by atoms with Gasteiger partial charge in [0.05, 0.1) is 93.0 Å². The number of piperidine rings is 6. The number of halogens is 2. The number of benzene rings is 2. The van der Waals surface area contributed by atoms with Crippen LogP contribution in [-0.2, 0) is 42.9 Å². The number of aryl methyl sites for hydroxylation is 2. The average Bonchev–Trinajstić information content (AvgIpc) is 1.54. The first-order chi connectivity index (χ1) is 58.4. The van der Waals surface area contributed by atoms with E-state index in [0.29, 0.717) is 133 Å². The number of para-hydroxylation sites is 2. The Kier molecular flexibility index (Phi) is 23.4. The molecule has 2 aromatic carbocycles. The van der Waals surface area contributed by atoms with Gasteiger partial charge >= 0.3 is 0 Å². The highest BCUT2D eigenvalue weighted by molar-refractivity contribution is 6.33. The number of aromatic nitrogens is 12. The number of hydrogen-bond acceptors (Lipinski definition) is 26. The van der Waals surface area contributed by atoms with Gasteiger partial charge in [-0.3, -0.25) is 77.9 Å². The lowest BCUT2D eigenvalue weighted by atomic mass is 9.70. The Morgan fingerprint density at radius 3 is 1.34 bits per heavy atom. The standard InChI is InChI=1S/C86H102Cl2N22O12/c1-46(2)109-76-49(37-55(41-89-76)93-74-61(87)43-91-83(97-74)107-33-25-53(26-34-107)85(6,119)51-21-29-105(30-22-51)63-15-11-13-57-70(99-103(9)72(57)63)59-17-19-67(111)95-79(59)115)39-65(81(109)117)121-45-69(113)102(8)101-78(114)48(5)122-66-40-50-38-56(42-90-77(50)110(47(3)4)82(66)118)94-75-62(88)44-92-84(98-75)108-35-27-54(28-36-108)86(7,120)52-23-31-106(32-24-52)64-16-12-14-58-71(100-104(10)73(58)64)60-18-20-68(112)96-80(60)116/h11-16,37-44,46-48,51-54,59-60,119-120H,17-36,45H2,1-10H3,(H,101,114)(H,91,93,97)(H,92,94,98)(H,95,111,115)(H,96,112,116)/t48?,59?,60?,85-,86-/m0/s1. The summed E-state index contributed by atoms with van der Waals surface area (Å²) >= 11 is 13.6. The summed E-state index contributed by atoms with van der Waals surface area (Å²) in [7, 11) is 5.09. The van der Waals surface area contributed by atoms with E-state index in [4.69, 9.17) is 57.8 Å². The Morgan fingerprint density at radius 1 is 0.549 bits per heavy atom. The first-order valence-corrected chi connectivity index (χ1v) is 42.7. The van der Waals surface area contributed by atoms with Crippen LogP contribution in [0.4, 0.5) is 46.3 Å². The maximum atomic E-state index is 14.2. The molecule has 34 nitrogen and oxygen atoms in total. The highest BCUT2D eigenvalue weighted by Crippen LogP contribution is 2.46. The number of imide groups is 2. The van der Waals surface area contributed by atoms with E-state index in [2.05, 4.69) is 73.4 Å². The number of carbonyl (C=O) groups is 6. The minimum absolute atomic E-state index is 0.0242. The molecule has 0 bridgehead atoms. The fraction of sp³-hybridized carbons (Fsp3) is 0.488. The third-order valence-corrected chi connectivity index (χ3v) is 26.3. The maximum absolute atomic E-state index is 14.2. The van der Waals surface area contributed by atoms with E-state index in [1.807, 2.05) is 89.3 Å². The van der Waals surface area contributed by atoms with Gasteiger partial charge in [0.25, 0.3) is 22.9 Å². The molecule has 6 amide bonds. The smallest absolute Gasteiger partial charge is 0.294 e. The van der Waals surface area contributed by atoms with Crippen LogP contribution in [0, 0.1) is 23.7 Å². The molecule has 0 spiro atoms. The Balaban J connectivity index is 0.511. The summed E-state index contributed by atoms with van der Waals surface area (Å²) in [5.74, 6) is -2.27. The lowest BCUT2D eigenvalue weighted by Crippen LogP contribution is -2.51. The van der Waals surface area contributed by atoms with E-state index < -0.39 is 70.8 Å². The van der Waals surface area contributed by atoms with Crippen LogP contribution >= 0.6 is 23.2 Å². The van der Waals surface area contributed by atoms with E-state index in [1.54, 1.807) is 24.5 Å². The van der Waals surface area contributed by atoms with Crippen molar-refractivity contribution in [2.24, 2.45) is 37.8 Å². The van der Waals surface area contributed by atoms with Crippen molar-refractivity contribution in [1.29, 1.82) is 0 Å². The van der Waals surface area contributed by atoms with Crippen LogP contribution in [0.15, 0.2) is 95.0 Å². The fourth-order valence-electron chi connectivity index (χ4n) is 19.0. The van der Waals surface area contributed by atoms with E-state index in [0.717, 1.165) is 90.1 Å². The van der Waals surface area contributed by atoms with E-state index in [9.17, 15) is 48.6 Å². The Labute approximate surface area is 713 Å². The minimum atomic E-state index is -1.32. The van der Waals surface area contributed by atoms with Gasteiger partial charge in [0, 0.05) is 120 Å². The molecule has 6 fully saturated rings. The van der Waals surface area contributed by atoms with Gasteiger partial charge in [0.2, 0.25) is 35.5 Å². The highest BCUT2D eigenvalue weighted by atomic mass is 35.5. The van der Waals surface area contributed by atoms with Crippen LogP contribution in [0.3, 0.4) is 0 Å². The molecule has 16 rings (SSSR count). The third kappa shape index (κ3) is 16.5. The number of hydrazine groups is 1. The third-order valence-electron chi connectivity index (χ3n) is 25.8. The quantitative estimate of drug-likeness (QED) is 0.0245. The van der Waals surface area contributed by atoms with Crippen LogP contribution in [0.2, 0.25) is 10.0 Å². The van der Waals surface area contributed by atoms with Gasteiger partial charge in [-0.2, -0.15) is 20.2 Å². The van der Waals surface area contributed by atoms with Gasteiger partial charge in [-0.1, -0.05) is 47.5 Å². The highest BCUT2D eigenvalue weighted by Gasteiger charge is 2.46. The van der Waals surface area contributed by atoms with Gasteiger partial charge in [0.15, 0.2) is 35.8 Å². The first kappa shape index (κ1) is 84.0. The monoisotopic (exact) mass is 1700 g/mol. The van der Waals surface area contributed by atoms with Crippen LogP contribution in [0.1, 0.15) is 161 Å². The molecule has 7 N–H and O–H groups in total. The number of hydrogen-bond donors (Lipinski definition) is 7. The average molecular weight is 1710 g/mol. The molecule has 6 aliphatic rings. The second-order valence-electron chi connectivity index (χ2n) is 34.2. The summed E-state index contributed by atoms with van der Waals surface area (Å²) < 4.78 is 18.6. The topological polar surface area (TPSA) is 395 Å². The summed E-state index contributed by atoms with van der Waals surface area (Å²) in [4.78, 5) is 143. The number of amides is 6. The zero-order valence-corrected chi connectivity index (χ0v) is 71.5. The molecule has 6 saturated heterocycles. The number of pyridine rings is 4. The molecular formula is C86H102Cl2N22O12. The van der Waals surface area contributed by atoms with Crippen LogP contribution in [-0.4, -0.2) is 193 Å². The van der Waals surface area contributed by atoms with Crippen molar-refractivity contribution >= 4 is 149 Å². The first-order valence-electron chi connectivity index (χ1n) is 42.0. The lowest BCUT2D eigenvalue weighted by Gasteiger charge is -2.46. The summed E-state index contributed by atoms with van der Waals surface area (Å²) in [5, 5.41) is 50.0. The predicted octanol–water partition coefficient (Wildman–Crippen LogP) is 9.56. The van der Waals surface area contributed by atoms with Crippen molar-refractivity contribution in [2.75, 3.05) is 96.2 Å². The molecule has 6 aliphatic heterocycles. The number of anilines is 8. The SMILES string of the molecule is CC(Oc1cc2cc(Nc3nc(N4CCC([C@@](C)(O)C5CCN(c6cccc7c(C8CCC(=O)NC8=O)nn(C)c67)CC5)CC4)ncc3Cl)cnc2n(C(C)C)c1=O)C(=O)NN(C)C(=O)COc1cc2cc(Nc3nc(N4CCC([C@@](C)(O)C5CCN(c6cccc7c(C8CCC(=O)NC8=O)nn(C)c67)CC5)CC4)ncc3Cl)cnc2n(C(C)C)c1=O. The van der Waals surface area contributed by atoms with Crippen molar-refractivity contribution in [1.82, 2.24) is 79.7 Å². The van der Waals surface area contributed by atoms with Crippen molar-refractivity contribution in [2.45, 2.75) is 167 Å². The number of likely N-dealkylation sites (N-methyl/N-ethyl adjacent to an activating group) is 1. The van der Waals surface area contributed by atoms with Crippen molar-refractivity contribution in [3.05, 3.63) is 128 Å². The molecule has 0 saturated carbocycles. The van der Waals surface area contributed by atoms with Gasteiger partial charge in [-0.05, 0) is 173 Å². The number of nitrogens with zero attached hydrogens (tertiary/aromatic N) is 17. The fourth-order valence-corrected chi connectivity index (χ4v) is 19.3. The molecule has 14 heterocycles. The number of fused-ring (bicyclic) bond motifs is 4. The van der Waals surface area contributed by atoms with E-state index in [1.165, 1.54) is 47.6 Å². The molecule has 642 valence electrons. The van der Waals surface area contributed by atoms with Crippen molar-refractivity contribution in [3.63, 3.8) is 0 Å². The van der Waals surface area contributed by atoms with Crippen molar-refractivity contribution in [3.8, 4) is 11.5 Å². The second kappa shape index (κ2) is 34.0. The second-order valence-corrected chi connectivity index (χ2v) is 35.0. The van der Waals surface area contributed by atoms with Crippen LogP contribution in [0.25, 0.3) is 43.9 Å². The number of aliphatic hydroxyl groups is 2. The van der Waals surface area contributed by atoms with E-state index >= 15 is 0 Å². The van der Waals surface area contributed by atoms with Gasteiger partial charge in [0.1, 0.15) is 21.3 Å². The summed E-state index contributed by atoms with van der Waals surface area (Å²) in [6.07, 6.45) is 12.2. The molecule has 3 unspecified atom stereocenters. The number of rotatable bonds is 22. The van der Waals surface area contributed by atoms with Crippen LogP contribution < -0.4 is 66.9 Å². The Hall–Kier alpha value is -11.6. The molecule has 36 heteroatoms. The predicted molar refractivity (Wildman–Crippen MR) is 463 cm³/mol. The molecular weight excluding hydrogens is 1600 g/mol. The van der Waals surface area contributed by atoms with Crippen molar-refractivity contribution < 1.29 is 48.5 Å². The molecule has 10 aromatic rings. The maximum Gasteiger partial charge on any atom is 0.294 e. The molecule has 0 radical (unpaired) electrons. The number of nitrogens with one attached hydrogen (secondary N) is 5. The normalized spacial score (nSPS) is 19.5. The van der Waals surface area contributed by atoms with Crippen LogP contribution in [0.5, 0.6) is 11.5 Å². The number of ether oxygens (including phenoxy) is 2. The zero-order chi connectivity index (χ0) is 86.1. The molecule has 0 aliphatic carbocycles. The summed E-state index contributed by atoms with van der Waals surface area (Å²) in [5.41, 5.74) is 6.49. The molecule has 8 aromatic heterocycles. The largest absolute Gasteiger partial charge is 0.478 e. The Morgan fingerprint density at radius 2 is 0.943 bits per heavy atom. The van der Waals surface area contributed by atoms with E-state index in [-0.39, 0.29) is 81.7 Å². The molecule has 5 atom stereocenters. The summed E-state index contributed by atoms with van der Waals surface area (Å²) in [6, 6.07) is 17.8. The zero-order valence-electron chi connectivity index (χ0n) is 70.0. The Bertz CT molecular complexity index is 5900.